The van der Waals surface area contributed by atoms with Gasteiger partial charge in [-0.15, -0.1) is 0 Å². The van der Waals surface area contributed by atoms with Crippen LogP contribution in [0.1, 0.15) is 79.8 Å². The van der Waals surface area contributed by atoms with Crippen LogP contribution in [0.25, 0.3) is 22.2 Å². The average molecular weight is 847 g/mol. The minimum atomic E-state index is -0.677. The standard InChI is InChI=1S/C41H50N16O5/c1-5-56-31(15-22(3)51-56)38(60)49-40-47-29-17-24(35(43)58)16-28(45-11-14-53-20-26-9-10-27(21-53)62-26)33(29)54(40)12-7-8-13-55-37-30(18-25(19-46-37)36(44)59)48-41(55)50-39(61)34-32(42)23(4)52-57(34)6-2/h7-8,15-19,26-27,45H,5-6,9-14,20-21,42H2,1-4H3,(H2,43,58)(H2,44,59)(H,47,49,60)(H,48,50,61)/b8-7+/t26-,27+. The van der Waals surface area contributed by atoms with Crippen LogP contribution < -0.4 is 33.2 Å². The van der Waals surface area contributed by atoms with Crippen molar-refractivity contribution in [2.75, 3.05) is 47.9 Å². The first kappa shape index (κ1) is 41.6. The van der Waals surface area contributed by atoms with Crippen molar-refractivity contribution in [1.82, 2.24) is 48.5 Å². The molecule has 1 aromatic carbocycles. The summed E-state index contributed by atoms with van der Waals surface area (Å²) in [4.78, 5) is 68.4. The summed E-state index contributed by atoms with van der Waals surface area (Å²) in [6.07, 6.45) is 7.69. The molecule has 9 N–H and O–H groups in total. The van der Waals surface area contributed by atoms with E-state index >= 15 is 0 Å². The van der Waals surface area contributed by atoms with E-state index in [2.05, 4.69) is 41.0 Å². The second kappa shape index (κ2) is 17.1. The van der Waals surface area contributed by atoms with Crippen LogP contribution in [0.3, 0.4) is 0 Å². The Morgan fingerprint density at radius 3 is 2.16 bits per heavy atom. The van der Waals surface area contributed by atoms with Crippen LogP contribution >= 0.6 is 0 Å². The van der Waals surface area contributed by atoms with Crippen molar-refractivity contribution in [3.63, 3.8) is 0 Å². The number of aryl methyl sites for hydroxylation is 4. The first-order valence-electron chi connectivity index (χ1n) is 20.6. The number of nitrogens with two attached hydrogens (primary N) is 3. The van der Waals surface area contributed by atoms with E-state index in [1.165, 1.54) is 16.9 Å². The topological polar surface area (TPSA) is 279 Å². The molecule has 0 unspecified atom stereocenters. The van der Waals surface area contributed by atoms with Crippen molar-refractivity contribution in [2.24, 2.45) is 11.5 Å². The molecule has 5 aromatic heterocycles. The van der Waals surface area contributed by atoms with Crippen LogP contribution in [0.2, 0.25) is 0 Å². The lowest BCUT2D eigenvalue weighted by molar-refractivity contribution is -0.0368. The number of nitrogen functional groups attached to an aromatic ring is 1. The highest BCUT2D eigenvalue weighted by Crippen LogP contribution is 2.31. The van der Waals surface area contributed by atoms with E-state index in [-0.39, 0.29) is 59.7 Å². The van der Waals surface area contributed by atoms with Crippen LogP contribution in [-0.2, 0) is 30.9 Å². The van der Waals surface area contributed by atoms with Crippen molar-refractivity contribution in [3.8, 4) is 0 Å². The molecule has 324 valence electrons. The minimum absolute atomic E-state index is 0.146. The van der Waals surface area contributed by atoms with Gasteiger partial charge in [-0.2, -0.15) is 10.2 Å². The molecule has 2 fully saturated rings. The normalized spacial score (nSPS) is 16.5. The maximum atomic E-state index is 13.8. The summed E-state index contributed by atoms with van der Waals surface area (Å²) in [5.41, 5.74) is 22.4. The number of rotatable bonds is 16. The Kier molecular flexibility index (Phi) is 11.5. The minimum Gasteiger partial charge on any atom is -0.395 e. The zero-order valence-corrected chi connectivity index (χ0v) is 35.0. The van der Waals surface area contributed by atoms with Gasteiger partial charge in [0, 0.05) is 64.1 Å². The molecule has 2 aliphatic heterocycles. The largest absolute Gasteiger partial charge is 0.395 e. The first-order chi connectivity index (χ1) is 29.8. The predicted molar refractivity (Wildman–Crippen MR) is 232 cm³/mol. The van der Waals surface area contributed by atoms with Gasteiger partial charge in [0.15, 0.2) is 5.65 Å². The molecular weight excluding hydrogens is 797 g/mol. The zero-order valence-electron chi connectivity index (χ0n) is 35.0. The third-order valence-electron chi connectivity index (χ3n) is 11.2. The van der Waals surface area contributed by atoms with Gasteiger partial charge in [0.05, 0.1) is 51.6 Å². The SMILES string of the molecule is CCn1nc(C)cc1C(=O)Nc1nc2cc(C(N)=O)cc(NCCN3C[C@H]4CC[C@@H](C3)O4)c2n1C/C=C/Cn1c(NC(=O)c2c(N)c(C)nn2CC)nc2cc(C(N)=O)cnc21. The van der Waals surface area contributed by atoms with Crippen molar-refractivity contribution in [2.45, 2.75) is 78.9 Å². The molecule has 6 aromatic rings. The number of fused-ring (bicyclic) bond motifs is 4. The van der Waals surface area contributed by atoms with Crippen LogP contribution in [-0.4, -0.2) is 111 Å². The molecule has 4 amide bonds. The van der Waals surface area contributed by atoms with Gasteiger partial charge in [-0.25, -0.2) is 15.0 Å². The summed E-state index contributed by atoms with van der Waals surface area (Å²) in [5.74, 6) is -1.86. The maximum absolute atomic E-state index is 13.8. The van der Waals surface area contributed by atoms with Crippen LogP contribution in [0.15, 0.2) is 42.6 Å². The van der Waals surface area contributed by atoms with Crippen LogP contribution in [0.4, 0.5) is 23.3 Å². The molecule has 2 atom stereocenters. The van der Waals surface area contributed by atoms with E-state index < -0.39 is 23.6 Å². The number of nitrogens with one attached hydrogen (secondary N) is 3. The van der Waals surface area contributed by atoms with Gasteiger partial charge in [0.25, 0.3) is 11.8 Å². The van der Waals surface area contributed by atoms with E-state index in [4.69, 9.17) is 26.9 Å². The molecule has 2 saturated heterocycles. The lowest BCUT2D eigenvalue weighted by atomic mass is 10.1. The molecule has 7 heterocycles. The maximum Gasteiger partial charge on any atom is 0.278 e. The number of nitrogens with zero attached hydrogens (tertiary/aromatic N) is 10. The van der Waals surface area contributed by atoms with Crippen LogP contribution in [0, 0.1) is 13.8 Å². The highest BCUT2D eigenvalue weighted by molar-refractivity contribution is 6.07. The highest BCUT2D eigenvalue weighted by atomic mass is 16.5. The Morgan fingerprint density at radius 2 is 1.47 bits per heavy atom. The number of anilines is 4. The predicted octanol–water partition coefficient (Wildman–Crippen LogP) is 2.65. The Morgan fingerprint density at radius 1 is 0.823 bits per heavy atom. The molecule has 0 spiro atoms. The molecular formula is C41H50N16O5. The van der Waals surface area contributed by atoms with E-state index in [1.54, 1.807) is 34.4 Å². The van der Waals surface area contributed by atoms with Gasteiger partial charge in [-0.3, -0.25) is 48.6 Å². The molecule has 21 heteroatoms. The summed E-state index contributed by atoms with van der Waals surface area (Å²) in [7, 11) is 0. The second-order valence-corrected chi connectivity index (χ2v) is 15.5. The van der Waals surface area contributed by atoms with E-state index in [1.807, 2.05) is 37.5 Å². The van der Waals surface area contributed by atoms with Crippen LogP contribution in [0.5, 0.6) is 0 Å². The van der Waals surface area contributed by atoms with E-state index in [9.17, 15) is 19.2 Å². The number of allylic oxidation sites excluding steroid dienone is 2. The highest BCUT2D eigenvalue weighted by Gasteiger charge is 2.33. The molecule has 0 saturated carbocycles. The number of ether oxygens (including phenoxy) is 1. The molecule has 21 nitrogen and oxygen atoms in total. The molecule has 2 bridgehead atoms. The smallest absolute Gasteiger partial charge is 0.278 e. The number of pyridine rings is 1. The Bertz CT molecular complexity index is 2750. The van der Waals surface area contributed by atoms with Gasteiger partial charge >= 0.3 is 0 Å². The zero-order chi connectivity index (χ0) is 43.8. The Hall–Kier alpha value is -7.13. The number of amides is 4. The molecule has 2 aliphatic rings. The number of aromatic nitrogens is 9. The number of hydrogen-bond donors (Lipinski definition) is 6. The number of imidazole rings is 2. The van der Waals surface area contributed by atoms with Gasteiger partial charge in [-0.05, 0) is 64.8 Å². The van der Waals surface area contributed by atoms with Crippen molar-refractivity contribution in [1.29, 1.82) is 0 Å². The number of carbonyl (C=O) groups excluding carboxylic acids is 4. The second-order valence-electron chi connectivity index (χ2n) is 15.5. The number of morpholine rings is 1. The fourth-order valence-corrected chi connectivity index (χ4v) is 8.18. The Balaban J connectivity index is 1.13. The van der Waals surface area contributed by atoms with E-state index in [0.29, 0.717) is 64.6 Å². The van der Waals surface area contributed by atoms with Gasteiger partial charge in [0.1, 0.15) is 16.9 Å². The van der Waals surface area contributed by atoms with Crippen molar-refractivity contribution in [3.05, 3.63) is 76.5 Å². The number of benzene rings is 1. The van der Waals surface area contributed by atoms with Crippen molar-refractivity contribution < 1.29 is 23.9 Å². The summed E-state index contributed by atoms with van der Waals surface area (Å²) in [5, 5.41) is 18.2. The van der Waals surface area contributed by atoms with E-state index in [0.717, 1.165) is 32.5 Å². The quantitative estimate of drug-likeness (QED) is 0.0766. The summed E-state index contributed by atoms with van der Waals surface area (Å²) in [6.45, 7) is 11.6. The van der Waals surface area contributed by atoms with Gasteiger partial charge in [0.2, 0.25) is 23.7 Å². The molecule has 62 heavy (non-hydrogen) atoms. The number of hydrogen-bond acceptors (Lipinski definition) is 13. The van der Waals surface area contributed by atoms with Gasteiger partial charge in [-0.1, -0.05) is 12.2 Å². The Labute approximate surface area is 355 Å². The number of primary amides is 2. The lowest BCUT2D eigenvalue weighted by Crippen LogP contribution is -2.44. The third-order valence-corrected chi connectivity index (χ3v) is 11.2. The lowest BCUT2D eigenvalue weighted by Gasteiger charge is -2.32. The number of carbonyl (C=O) groups is 4. The molecule has 0 aliphatic carbocycles. The monoisotopic (exact) mass is 846 g/mol. The fraction of sp³-hybridized carbons (Fsp3) is 0.390. The average Bonchev–Trinajstić information content (AvgIpc) is 4.04. The number of likely N-dealkylation sites (tertiary alicyclic amines) is 1. The molecule has 0 radical (unpaired) electrons. The van der Waals surface area contributed by atoms with Crippen molar-refractivity contribution >= 4 is 69.1 Å². The fourth-order valence-electron chi connectivity index (χ4n) is 8.18. The first-order valence-corrected chi connectivity index (χ1v) is 20.6. The summed E-state index contributed by atoms with van der Waals surface area (Å²) < 4.78 is 12.7. The molecule has 8 rings (SSSR count). The van der Waals surface area contributed by atoms with Gasteiger partial charge < -0.3 is 31.8 Å². The summed E-state index contributed by atoms with van der Waals surface area (Å²) in [6, 6.07) is 6.52. The third kappa shape index (κ3) is 8.18. The summed E-state index contributed by atoms with van der Waals surface area (Å²) >= 11 is 0.